The van der Waals surface area contributed by atoms with Gasteiger partial charge in [-0.05, 0) is 31.4 Å². The highest BCUT2D eigenvalue weighted by atomic mass is 32.1. The molecule has 0 spiro atoms. The molecule has 128 valence electrons. The summed E-state index contributed by atoms with van der Waals surface area (Å²) in [5, 5.41) is 3.41. The Kier molecular flexibility index (Phi) is 5.93. The van der Waals surface area contributed by atoms with E-state index in [-0.39, 0.29) is 5.91 Å². The van der Waals surface area contributed by atoms with E-state index in [0.717, 1.165) is 63.2 Å². The van der Waals surface area contributed by atoms with E-state index in [1.807, 2.05) is 4.90 Å². The van der Waals surface area contributed by atoms with Crippen molar-refractivity contribution in [2.75, 3.05) is 26.2 Å². The molecule has 1 amide bonds. The summed E-state index contributed by atoms with van der Waals surface area (Å²) in [5.41, 5.74) is 1.89. The average Bonchev–Trinajstić information content (AvgIpc) is 2.91. The molecule has 24 heavy (non-hydrogen) atoms. The van der Waals surface area contributed by atoms with Gasteiger partial charge in [-0.2, -0.15) is 0 Å². The standard InChI is InChI=1S/C18H24N4OS/c1-2-4-17-20-16(14-24-17)13-21-9-3-10-22(12-11-21)18(23)15-5-7-19-8-6-15/h5-8,14H,2-4,9-13H2,1H3. The fraction of sp³-hybridized carbons (Fsp3) is 0.500. The number of nitrogens with zero attached hydrogens (tertiary/aromatic N) is 4. The van der Waals surface area contributed by atoms with Crippen LogP contribution < -0.4 is 0 Å². The van der Waals surface area contributed by atoms with Crippen LogP contribution in [0.3, 0.4) is 0 Å². The van der Waals surface area contributed by atoms with Crippen LogP contribution in [-0.2, 0) is 13.0 Å². The number of carbonyl (C=O) groups is 1. The lowest BCUT2D eigenvalue weighted by Gasteiger charge is -2.21. The number of aromatic nitrogens is 2. The Morgan fingerprint density at radius 2 is 2.04 bits per heavy atom. The zero-order valence-electron chi connectivity index (χ0n) is 14.1. The van der Waals surface area contributed by atoms with Crippen molar-refractivity contribution in [2.45, 2.75) is 32.7 Å². The minimum atomic E-state index is 0.109. The fourth-order valence-electron chi connectivity index (χ4n) is 2.99. The van der Waals surface area contributed by atoms with Crippen LogP contribution in [-0.4, -0.2) is 51.9 Å². The Morgan fingerprint density at radius 3 is 2.83 bits per heavy atom. The van der Waals surface area contributed by atoms with Crippen LogP contribution in [0.5, 0.6) is 0 Å². The highest BCUT2D eigenvalue weighted by Crippen LogP contribution is 2.15. The van der Waals surface area contributed by atoms with Crippen molar-refractivity contribution in [3.8, 4) is 0 Å². The Bertz CT molecular complexity index is 658. The van der Waals surface area contributed by atoms with Crippen LogP contribution in [0.25, 0.3) is 0 Å². The van der Waals surface area contributed by atoms with Crippen molar-refractivity contribution in [3.63, 3.8) is 0 Å². The van der Waals surface area contributed by atoms with Gasteiger partial charge < -0.3 is 4.90 Å². The fourth-order valence-corrected chi connectivity index (χ4v) is 3.88. The second kappa shape index (κ2) is 8.35. The van der Waals surface area contributed by atoms with Crippen molar-refractivity contribution in [1.29, 1.82) is 0 Å². The molecule has 0 atom stereocenters. The summed E-state index contributed by atoms with van der Waals surface area (Å²) in [6.45, 7) is 6.57. The molecule has 1 aliphatic heterocycles. The largest absolute Gasteiger partial charge is 0.337 e. The van der Waals surface area contributed by atoms with Crippen LogP contribution in [0.15, 0.2) is 29.9 Å². The van der Waals surface area contributed by atoms with Crippen LogP contribution >= 0.6 is 11.3 Å². The van der Waals surface area contributed by atoms with Gasteiger partial charge in [-0.3, -0.25) is 14.7 Å². The normalized spacial score (nSPS) is 16.1. The first-order chi connectivity index (χ1) is 11.8. The number of thiazole rings is 1. The first-order valence-corrected chi connectivity index (χ1v) is 9.49. The van der Waals surface area contributed by atoms with Gasteiger partial charge in [-0.25, -0.2) is 4.98 Å². The van der Waals surface area contributed by atoms with Crippen LogP contribution in [0.4, 0.5) is 0 Å². The maximum atomic E-state index is 12.6. The lowest BCUT2D eigenvalue weighted by molar-refractivity contribution is 0.0761. The first kappa shape index (κ1) is 17.0. The zero-order chi connectivity index (χ0) is 16.8. The maximum Gasteiger partial charge on any atom is 0.254 e. The molecule has 0 unspecified atom stereocenters. The van der Waals surface area contributed by atoms with E-state index in [9.17, 15) is 4.79 Å². The third-order valence-electron chi connectivity index (χ3n) is 4.25. The minimum absolute atomic E-state index is 0.109. The number of hydrogen-bond acceptors (Lipinski definition) is 5. The molecule has 2 aromatic heterocycles. The van der Waals surface area contributed by atoms with E-state index in [1.165, 1.54) is 5.01 Å². The third-order valence-corrected chi connectivity index (χ3v) is 5.21. The van der Waals surface area contributed by atoms with Gasteiger partial charge in [0.1, 0.15) is 0 Å². The number of aryl methyl sites for hydroxylation is 1. The monoisotopic (exact) mass is 344 g/mol. The highest BCUT2D eigenvalue weighted by Gasteiger charge is 2.20. The van der Waals surface area contributed by atoms with Gasteiger partial charge in [0.15, 0.2) is 0 Å². The SMILES string of the molecule is CCCc1nc(CN2CCCN(C(=O)c3ccncc3)CC2)cs1. The lowest BCUT2D eigenvalue weighted by atomic mass is 10.2. The van der Waals surface area contributed by atoms with Gasteiger partial charge in [-0.1, -0.05) is 6.92 Å². The van der Waals surface area contributed by atoms with Gasteiger partial charge in [0.05, 0.1) is 10.7 Å². The molecule has 1 saturated heterocycles. The summed E-state index contributed by atoms with van der Waals surface area (Å²) in [5.74, 6) is 0.109. The molecule has 5 nitrogen and oxygen atoms in total. The lowest BCUT2D eigenvalue weighted by Crippen LogP contribution is -2.35. The number of carbonyl (C=O) groups excluding carboxylic acids is 1. The summed E-state index contributed by atoms with van der Waals surface area (Å²) >= 11 is 1.76. The summed E-state index contributed by atoms with van der Waals surface area (Å²) in [6, 6.07) is 3.57. The van der Waals surface area contributed by atoms with E-state index >= 15 is 0 Å². The molecule has 6 heteroatoms. The summed E-state index contributed by atoms with van der Waals surface area (Å²) in [4.78, 5) is 25.6. The number of amides is 1. The van der Waals surface area contributed by atoms with E-state index in [4.69, 9.17) is 4.98 Å². The summed E-state index contributed by atoms with van der Waals surface area (Å²) < 4.78 is 0. The predicted molar refractivity (Wildman–Crippen MR) is 96.1 cm³/mol. The van der Waals surface area contributed by atoms with Crippen molar-refractivity contribution in [1.82, 2.24) is 19.8 Å². The van der Waals surface area contributed by atoms with Gasteiger partial charge in [0, 0.05) is 56.1 Å². The smallest absolute Gasteiger partial charge is 0.254 e. The zero-order valence-corrected chi connectivity index (χ0v) is 15.0. The third kappa shape index (κ3) is 4.39. The Labute approximate surface area is 147 Å². The Morgan fingerprint density at radius 1 is 1.21 bits per heavy atom. The van der Waals surface area contributed by atoms with Crippen molar-refractivity contribution in [2.24, 2.45) is 0 Å². The molecule has 0 bridgehead atoms. The van der Waals surface area contributed by atoms with E-state index < -0.39 is 0 Å². The molecule has 1 aliphatic rings. The Hall–Kier alpha value is -1.79. The van der Waals surface area contributed by atoms with Gasteiger partial charge in [0.2, 0.25) is 0 Å². The molecule has 0 aromatic carbocycles. The molecule has 2 aromatic rings. The summed E-state index contributed by atoms with van der Waals surface area (Å²) in [6.07, 6.45) is 6.56. The van der Waals surface area contributed by atoms with Crippen molar-refractivity contribution >= 4 is 17.2 Å². The topological polar surface area (TPSA) is 49.3 Å². The molecule has 3 rings (SSSR count). The first-order valence-electron chi connectivity index (χ1n) is 8.61. The van der Waals surface area contributed by atoms with Crippen molar-refractivity contribution < 1.29 is 4.79 Å². The minimum Gasteiger partial charge on any atom is -0.337 e. The quantitative estimate of drug-likeness (QED) is 0.837. The van der Waals surface area contributed by atoms with Gasteiger partial charge in [-0.15, -0.1) is 11.3 Å². The van der Waals surface area contributed by atoms with Crippen LogP contribution in [0.2, 0.25) is 0 Å². The molecule has 1 fully saturated rings. The number of pyridine rings is 1. The molecular formula is C18H24N4OS. The van der Waals surface area contributed by atoms with E-state index in [1.54, 1.807) is 35.9 Å². The van der Waals surface area contributed by atoms with Gasteiger partial charge in [0.25, 0.3) is 5.91 Å². The highest BCUT2D eigenvalue weighted by molar-refractivity contribution is 7.09. The second-order valence-electron chi connectivity index (χ2n) is 6.14. The summed E-state index contributed by atoms with van der Waals surface area (Å²) in [7, 11) is 0. The molecule has 3 heterocycles. The molecule has 0 radical (unpaired) electrons. The number of hydrogen-bond donors (Lipinski definition) is 0. The molecule has 0 N–H and O–H groups in total. The van der Waals surface area contributed by atoms with Gasteiger partial charge >= 0.3 is 0 Å². The van der Waals surface area contributed by atoms with Crippen molar-refractivity contribution in [3.05, 3.63) is 46.2 Å². The predicted octanol–water partition coefficient (Wildman–Crippen LogP) is 2.84. The van der Waals surface area contributed by atoms with E-state index in [2.05, 4.69) is 22.2 Å². The van der Waals surface area contributed by atoms with Crippen LogP contribution in [0, 0.1) is 0 Å². The Balaban J connectivity index is 1.55. The van der Waals surface area contributed by atoms with E-state index in [0.29, 0.717) is 0 Å². The molecule has 0 aliphatic carbocycles. The molecule has 0 saturated carbocycles. The second-order valence-corrected chi connectivity index (χ2v) is 7.08. The molecular weight excluding hydrogens is 320 g/mol. The number of rotatable bonds is 5. The maximum absolute atomic E-state index is 12.6. The van der Waals surface area contributed by atoms with Crippen LogP contribution in [0.1, 0.15) is 40.8 Å². The average molecular weight is 344 g/mol.